The second-order valence-corrected chi connectivity index (χ2v) is 3.41. The Bertz CT molecular complexity index is 352. The summed E-state index contributed by atoms with van der Waals surface area (Å²) in [6, 6.07) is 0. The Labute approximate surface area is 151 Å². The molecule has 0 heterocycles. The van der Waals surface area contributed by atoms with Crippen LogP contribution in [0.5, 0.6) is 0 Å². The topological polar surface area (TPSA) is 201 Å². The van der Waals surface area contributed by atoms with Gasteiger partial charge < -0.3 is 49.8 Å². The van der Waals surface area contributed by atoms with Gasteiger partial charge >= 0.3 is 46.1 Å². The van der Waals surface area contributed by atoms with Crippen LogP contribution in [0.3, 0.4) is 0 Å². The van der Waals surface area contributed by atoms with E-state index in [1.165, 1.54) is 0 Å². The molecule has 0 aromatic rings. The van der Waals surface area contributed by atoms with Gasteiger partial charge in [0.2, 0.25) is 0 Å². The van der Waals surface area contributed by atoms with Crippen LogP contribution in [0.2, 0.25) is 0 Å². The number of hydrogen-bond acceptors (Lipinski definition) is 10. The van der Waals surface area contributed by atoms with Gasteiger partial charge in [-0.25, -0.2) is 0 Å². The molecule has 10 nitrogen and oxygen atoms in total. The average molecular weight is 327 g/mol. The summed E-state index contributed by atoms with van der Waals surface area (Å²) in [5.74, 6) is -7.42. The Morgan fingerprint density at radius 1 is 0.952 bits per heavy atom. The van der Waals surface area contributed by atoms with E-state index in [0.29, 0.717) is 0 Å². The zero-order valence-electron chi connectivity index (χ0n) is 11.1. The summed E-state index contributed by atoms with van der Waals surface area (Å²) in [6.07, 6.45) is -4.06. The van der Waals surface area contributed by atoms with Gasteiger partial charge in [0.1, 0.15) is 5.60 Å². The fraction of sp³-hybridized carbons (Fsp3) is 0.556. The van der Waals surface area contributed by atoms with E-state index in [2.05, 4.69) is 0 Å². The molecule has 110 valence electrons. The molecule has 0 saturated heterocycles. The first kappa shape index (κ1) is 28.5. The van der Waals surface area contributed by atoms with E-state index in [1.807, 2.05) is 0 Å². The number of hydrogen-bond donors (Lipinski definition) is 2. The molecule has 1 atom stereocenters. The van der Waals surface area contributed by atoms with Gasteiger partial charge in [-0.15, -0.1) is 0 Å². The molecule has 0 aromatic carbocycles. The van der Waals surface area contributed by atoms with Crippen LogP contribution in [0.25, 0.3) is 0 Å². The minimum absolute atomic E-state index is 0. The van der Waals surface area contributed by atoms with Crippen molar-refractivity contribution >= 4 is 70.0 Å². The summed E-state index contributed by atoms with van der Waals surface area (Å²) >= 11 is 0. The van der Waals surface area contributed by atoms with Crippen LogP contribution in [0.1, 0.15) is 19.8 Å². The van der Waals surface area contributed by atoms with Crippen molar-refractivity contribution in [2.24, 2.45) is 0 Å². The maximum Gasteiger partial charge on any atom is 2.00 e. The van der Waals surface area contributed by atoms with Crippen molar-refractivity contribution in [2.75, 3.05) is 0 Å². The van der Waals surface area contributed by atoms with Crippen molar-refractivity contribution < 1.29 is 49.8 Å². The summed E-state index contributed by atoms with van der Waals surface area (Å²) in [6.45, 7) is 1.13. The Morgan fingerprint density at radius 2 is 1.19 bits per heavy atom. The SMILES string of the molecule is CC(O)C(=O)[O-].O=C([O-])CC(O)(CC(=O)[O-])C(=O)[O-].[Mg+2].[Mg+2]. The summed E-state index contributed by atoms with van der Waals surface area (Å²) < 4.78 is 0. The van der Waals surface area contributed by atoms with E-state index in [9.17, 15) is 39.6 Å². The molecule has 0 aliphatic heterocycles. The smallest absolute Gasteiger partial charge is 0.550 e. The molecule has 0 aliphatic rings. The van der Waals surface area contributed by atoms with Gasteiger partial charge in [0, 0.05) is 24.8 Å². The molecule has 0 amide bonds. The number of carbonyl (C=O) groups is 4. The molecule has 21 heavy (non-hydrogen) atoms. The van der Waals surface area contributed by atoms with Crippen LogP contribution in [0.4, 0.5) is 0 Å². The van der Waals surface area contributed by atoms with Crippen LogP contribution in [-0.2, 0) is 19.2 Å². The molecule has 0 radical (unpaired) electrons. The van der Waals surface area contributed by atoms with Crippen LogP contribution >= 0.6 is 0 Å². The molecule has 0 bridgehead atoms. The predicted octanol–water partition coefficient (Wildman–Crippen LogP) is -7.90. The molecule has 0 fully saturated rings. The summed E-state index contributed by atoms with van der Waals surface area (Å²) in [5.41, 5.74) is -2.97. The van der Waals surface area contributed by atoms with Crippen LogP contribution in [-0.4, -0.2) is 91.9 Å². The van der Waals surface area contributed by atoms with E-state index in [0.717, 1.165) is 6.92 Å². The van der Waals surface area contributed by atoms with Crippen molar-refractivity contribution in [3.05, 3.63) is 0 Å². The first-order valence-electron chi connectivity index (χ1n) is 4.65. The van der Waals surface area contributed by atoms with Gasteiger partial charge in [-0.2, -0.15) is 0 Å². The number of carboxylic acids is 4. The van der Waals surface area contributed by atoms with Gasteiger partial charge in [0.15, 0.2) is 0 Å². The third-order valence-electron chi connectivity index (χ3n) is 1.59. The second kappa shape index (κ2) is 13.0. The monoisotopic (exact) mass is 326 g/mol. The van der Waals surface area contributed by atoms with Crippen LogP contribution in [0.15, 0.2) is 0 Å². The largest absolute Gasteiger partial charge is 2.00 e. The predicted molar refractivity (Wildman–Crippen MR) is 57.4 cm³/mol. The first-order chi connectivity index (χ1) is 8.42. The normalized spacial score (nSPS) is 10.6. The molecule has 0 saturated carbocycles. The number of carboxylic acid groups (broad SMARTS) is 4. The van der Waals surface area contributed by atoms with E-state index in [1.54, 1.807) is 0 Å². The Balaban J connectivity index is -0.000000156. The number of rotatable bonds is 6. The fourth-order valence-corrected chi connectivity index (χ4v) is 0.684. The Morgan fingerprint density at radius 3 is 1.29 bits per heavy atom. The van der Waals surface area contributed by atoms with Crippen LogP contribution < -0.4 is 20.4 Å². The van der Waals surface area contributed by atoms with E-state index in [4.69, 9.17) is 10.2 Å². The second-order valence-electron chi connectivity index (χ2n) is 3.41. The Kier molecular flexibility index (Phi) is 17.7. The summed E-state index contributed by atoms with van der Waals surface area (Å²) in [5, 5.41) is 56.2. The molecule has 12 heteroatoms. The van der Waals surface area contributed by atoms with Gasteiger partial charge in [0.25, 0.3) is 0 Å². The fourth-order valence-electron chi connectivity index (χ4n) is 0.684. The van der Waals surface area contributed by atoms with E-state index >= 15 is 0 Å². The third-order valence-corrected chi connectivity index (χ3v) is 1.59. The zero-order valence-corrected chi connectivity index (χ0v) is 13.9. The molecule has 2 N–H and O–H groups in total. The first-order valence-corrected chi connectivity index (χ1v) is 4.65. The van der Waals surface area contributed by atoms with Crippen molar-refractivity contribution in [3.63, 3.8) is 0 Å². The minimum Gasteiger partial charge on any atom is -0.550 e. The number of aliphatic carboxylic acids is 4. The van der Waals surface area contributed by atoms with Crippen molar-refractivity contribution in [1.82, 2.24) is 0 Å². The number of aliphatic hydroxyl groups is 2. The maximum atomic E-state index is 10.1. The zero-order chi connectivity index (χ0) is 15.8. The number of carbonyl (C=O) groups excluding carboxylic acids is 4. The van der Waals surface area contributed by atoms with E-state index in [-0.39, 0.29) is 46.1 Å². The van der Waals surface area contributed by atoms with Gasteiger partial charge in [0.05, 0.1) is 18.0 Å². The average Bonchev–Trinajstić information content (AvgIpc) is 2.14. The molecule has 0 spiro atoms. The minimum atomic E-state index is -2.97. The van der Waals surface area contributed by atoms with Crippen LogP contribution in [0, 0.1) is 0 Å². The maximum absolute atomic E-state index is 10.1. The third kappa shape index (κ3) is 15.5. The summed E-state index contributed by atoms with van der Waals surface area (Å²) in [7, 11) is 0. The molecule has 0 aromatic heterocycles. The molecular weight excluding hydrogens is 317 g/mol. The van der Waals surface area contributed by atoms with Gasteiger partial charge in [-0.1, -0.05) is 0 Å². The Hall–Kier alpha value is -0.668. The molecule has 0 rings (SSSR count). The van der Waals surface area contributed by atoms with Crippen molar-refractivity contribution in [1.29, 1.82) is 0 Å². The number of aliphatic hydroxyl groups excluding tert-OH is 1. The van der Waals surface area contributed by atoms with E-state index < -0.39 is 48.4 Å². The molecular formula is C9H10Mg2O10. The molecule has 0 aliphatic carbocycles. The summed E-state index contributed by atoms with van der Waals surface area (Å²) in [4.78, 5) is 39.3. The quantitative estimate of drug-likeness (QED) is 0.441. The molecule has 1 unspecified atom stereocenters. The van der Waals surface area contributed by atoms with Gasteiger partial charge in [-0.3, -0.25) is 0 Å². The van der Waals surface area contributed by atoms with Crippen molar-refractivity contribution in [3.8, 4) is 0 Å². The standard InChI is InChI=1S/C6H8O7.C3H6O3.2Mg/c7-3(8)1-6(13,5(11)12)2-4(9)10;1-2(4)3(5)6;;/h13H,1-2H2,(H,7,8)(H,9,10)(H,11,12);2,4H,1H3,(H,5,6);;/q;;2*+2/p-4. The van der Waals surface area contributed by atoms with Crippen molar-refractivity contribution in [2.45, 2.75) is 31.5 Å². The van der Waals surface area contributed by atoms with Gasteiger partial charge in [-0.05, 0) is 6.92 Å².